The summed E-state index contributed by atoms with van der Waals surface area (Å²) < 4.78 is 10.9. The molecule has 2 aromatic rings. The predicted molar refractivity (Wildman–Crippen MR) is 100.0 cm³/mol. The van der Waals surface area contributed by atoms with E-state index >= 15 is 0 Å². The van der Waals surface area contributed by atoms with Crippen LogP contribution in [0.3, 0.4) is 0 Å². The Morgan fingerprint density at radius 2 is 1.60 bits per heavy atom. The van der Waals surface area contributed by atoms with Crippen LogP contribution in [0, 0.1) is 5.92 Å². The SMILES string of the molecule is COCCc1ccc(Oc2ccc(NC(=O)C(C)C(C)N)cc2)cc1. The van der Waals surface area contributed by atoms with Crippen molar-refractivity contribution >= 4 is 11.6 Å². The van der Waals surface area contributed by atoms with Crippen molar-refractivity contribution in [2.24, 2.45) is 11.7 Å². The molecule has 0 saturated heterocycles. The van der Waals surface area contributed by atoms with Crippen LogP contribution in [-0.2, 0) is 16.0 Å². The highest BCUT2D eigenvalue weighted by Crippen LogP contribution is 2.23. The van der Waals surface area contributed by atoms with E-state index in [0.717, 1.165) is 17.9 Å². The van der Waals surface area contributed by atoms with Gasteiger partial charge in [0.2, 0.25) is 5.91 Å². The Hall–Kier alpha value is -2.37. The lowest BCUT2D eigenvalue weighted by molar-refractivity contribution is -0.119. The van der Waals surface area contributed by atoms with Crippen LogP contribution >= 0.6 is 0 Å². The van der Waals surface area contributed by atoms with E-state index in [1.165, 1.54) is 5.56 Å². The Bertz CT molecular complexity index is 666. The average Bonchev–Trinajstić information content (AvgIpc) is 2.62. The quantitative estimate of drug-likeness (QED) is 0.769. The molecule has 2 rings (SSSR count). The zero-order chi connectivity index (χ0) is 18.2. The second-order valence-corrected chi connectivity index (χ2v) is 6.15. The largest absolute Gasteiger partial charge is 0.457 e. The number of benzene rings is 2. The van der Waals surface area contributed by atoms with Crippen LogP contribution in [0.15, 0.2) is 48.5 Å². The summed E-state index contributed by atoms with van der Waals surface area (Å²) in [7, 11) is 1.70. The topological polar surface area (TPSA) is 73.6 Å². The van der Waals surface area contributed by atoms with Crippen molar-refractivity contribution in [3.63, 3.8) is 0 Å². The van der Waals surface area contributed by atoms with Crippen LogP contribution in [0.1, 0.15) is 19.4 Å². The number of amides is 1. The highest BCUT2D eigenvalue weighted by atomic mass is 16.5. The van der Waals surface area contributed by atoms with Gasteiger partial charge in [0, 0.05) is 18.8 Å². The third-order valence-electron chi connectivity index (χ3n) is 4.08. The van der Waals surface area contributed by atoms with Crippen molar-refractivity contribution in [2.75, 3.05) is 19.0 Å². The van der Waals surface area contributed by atoms with Crippen LogP contribution in [0.25, 0.3) is 0 Å². The molecular weight excluding hydrogens is 316 g/mol. The summed E-state index contributed by atoms with van der Waals surface area (Å²) in [6, 6.07) is 15.0. The van der Waals surface area contributed by atoms with Gasteiger partial charge in [-0.2, -0.15) is 0 Å². The van der Waals surface area contributed by atoms with E-state index in [4.69, 9.17) is 15.2 Å². The van der Waals surface area contributed by atoms with E-state index in [2.05, 4.69) is 5.32 Å². The smallest absolute Gasteiger partial charge is 0.228 e. The molecule has 3 N–H and O–H groups in total. The third-order valence-corrected chi connectivity index (χ3v) is 4.08. The number of hydrogen-bond acceptors (Lipinski definition) is 4. The molecule has 0 aliphatic carbocycles. The molecule has 5 nitrogen and oxygen atoms in total. The molecule has 0 radical (unpaired) electrons. The maximum Gasteiger partial charge on any atom is 0.228 e. The highest BCUT2D eigenvalue weighted by Gasteiger charge is 2.16. The van der Waals surface area contributed by atoms with Gasteiger partial charge in [0.25, 0.3) is 0 Å². The summed E-state index contributed by atoms with van der Waals surface area (Å²) in [5, 5.41) is 2.85. The molecule has 0 saturated carbocycles. The first-order valence-corrected chi connectivity index (χ1v) is 8.42. The van der Waals surface area contributed by atoms with Gasteiger partial charge < -0.3 is 20.5 Å². The summed E-state index contributed by atoms with van der Waals surface area (Å²) in [6.07, 6.45) is 0.880. The van der Waals surface area contributed by atoms with E-state index in [9.17, 15) is 4.79 Å². The third kappa shape index (κ3) is 5.89. The summed E-state index contributed by atoms with van der Waals surface area (Å²) in [6.45, 7) is 4.34. The lowest BCUT2D eigenvalue weighted by Gasteiger charge is -2.15. The van der Waals surface area contributed by atoms with Crippen LogP contribution in [0.5, 0.6) is 11.5 Å². The zero-order valence-corrected chi connectivity index (χ0v) is 15.0. The second kappa shape index (κ2) is 9.20. The Labute approximate surface area is 149 Å². The maximum atomic E-state index is 12.0. The first-order valence-electron chi connectivity index (χ1n) is 8.42. The number of methoxy groups -OCH3 is 1. The molecule has 5 heteroatoms. The number of ether oxygens (including phenoxy) is 2. The molecule has 0 aliphatic rings. The Balaban J connectivity index is 1.92. The molecule has 2 aromatic carbocycles. The molecule has 25 heavy (non-hydrogen) atoms. The lowest BCUT2D eigenvalue weighted by atomic mass is 10.0. The number of rotatable bonds is 8. The Morgan fingerprint density at radius 1 is 1.04 bits per heavy atom. The average molecular weight is 342 g/mol. The first kappa shape index (κ1) is 19.0. The Kier molecular flexibility index (Phi) is 6.98. The number of hydrogen-bond donors (Lipinski definition) is 2. The molecule has 0 heterocycles. The van der Waals surface area contributed by atoms with Gasteiger partial charge in [-0.3, -0.25) is 4.79 Å². The molecule has 0 bridgehead atoms. The summed E-state index contributed by atoms with van der Waals surface area (Å²) in [5.41, 5.74) is 7.68. The fourth-order valence-electron chi connectivity index (χ4n) is 2.18. The molecular formula is C20H26N2O3. The first-order chi connectivity index (χ1) is 12.0. The molecule has 0 fully saturated rings. The van der Waals surface area contributed by atoms with Gasteiger partial charge in [-0.25, -0.2) is 0 Å². The van der Waals surface area contributed by atoms with Gasteiger partial charge in [0.05, 0.1) is 12.5 Å². The van der Waals surface area contributed by atoms with Crippen molar-refractivity contribution < 1.29 is 14.3 Å². The van der Waals surface area contributed by atoms with E-state index in [-0.39, 0.29) is 17.9 Å². The van der Waals surface area contributed by atoms with Gasteiger partial charge in [0.15, 0.2) is 0 Å². The van der Waals surface area contributed by atoms with Crippen molar-refractivity contribution in [3.05, 3.63) is 54.1 Å². The molecule has 0 aromatic heterocycles. The minimum absolute atomic E-state index is 0.0877. The normalized spacial score (nSPS) is 13.1. The second-order valence-electron chi connectivity index (χ2n) is 6.15. The minimum Gasteiger partial charge on any atom is -0.457 e. The molecule has 1 amide bonds. The standard InChI is InChI=1S/C20H26N2O3/c1-14(15(2)21)20(23)22-17-6-10-19(11-7-17)25-18-8-4-16(5-9-18)12-13-24-3/h4-11,14-15H,12-13,21H2,1-3H3,(H,22,23). The fourth-order valence-corrected chi connectivity index (χ4v) is 2.18. The van der Waals surface area contributed by atoms with Crippen LogP contribution in [0.4, 0.5) is 5.69 Å². The maximum absolute atomic E-state index is 12.0. The molecule has 2 unspecified atom stereocenters. The van der Waals surface area contributed by atoms with E-state index in [0.29, 0.717) is 12.4 Å². The van der Waals surface area contributed by atoms with Crippen LogP contribution in [-0.4, -0.2) is 25.7 Å². The van der Waals surface area contributed by atoms with Gasteiger partial charge >= 0.3 is 0 Å². The summed E-state index contributed by atoms with van der Waals surface area (Å²) in [4.78, 5) is 12.0. The van der Waals surface area contributed by atoms with E-state index in [1.807, 2.05) is 62.4 Å². The predicted octanol–water partition coefficient (Wildman–Crippen LogP) is 3.59. The molecule has 134 valence electrons. The lowest BCUT2D eigenvalue weighted by Crippen LogP contribution is -2.34. The number of nitrogens with one attached hydrogen (secondary N) is 1. The van der Waals surface area contributed by atoms with E-state index in [1.54, 1.807) is 7.11 Å². The van der Waals surface area contributed by atoms with Gasteiger partial charge in [-0.05, 0) is 55.3 Å². The van der Waals surface area contributed by atoms with Crippen LogP contribution < -0.4 is 15.8 Å². The highest BCUT2D eigenvalue weighted by molar-refractivity contribution is 5.92. The van der Waals surface area contributed by atoms with Gasteiger partial charge in [-0.15, -0.1) is 0 Å². The molecule has 2 atom stereocenters. The molecule has 0 aliphatic heterocycles. The molecule has 0 spiro atoms. The number of nitrogens with two attached hydrogens (primary N) is 1. The Morgan fingerprint density at radius 3 is 2.12 bits per heavy atom. The number of carbonyl (C=O) groups excluding carboxylic acids is 1. The van der Waals surface area contributed by atoms with Crippen molar-refractivity contribution in [3.8, 4) is 11.5 Å². The summed E-state index contributed by atoms with van der Waals surface area (Å²) in [5.74, 6) is 1.15. The number of anilines is 1. The zero-order valence-electron chi connectivity index (χ0n) is 15.0. The van der Waals surface area contributed by atoms with Crippen molar-refractivity contribution in [1.82, 2.24) is 0 Å². The van der Waals surface area contributed by atoms with E-state index < -0.39 is 0 Å². The van der Waals surface area contributed by atoms with Gasteiger partial charge in [0.1, 0.15) is 11.5 Å². The van der Waals surface area contributed by atoms with Gasteiger partial charge in [-0.1, -0.05) is 19.1 Å². The van der Waals surface area contributed by atoms with Crippen molar-refractivity contribution in [1.29, 1.82) is 0 Å². The monoisotopic (exact) mass is 342 g/mol. The van der Waals surface area contributed by atoms with Crippen LogP contribution in [0.2, 0.25) is 0 Å². The van der Waals surface area contributed by atoms with Crippen molar-refractivity contribution in [2.45, 2.75) is 26.3 Å². The summed E-state index contributed by atoms with van der Waals surface area (Å²) >= 11 is 0. The number of carbonyl (C=O) groups is 1. The fraction of sp³-hybridized carbons (Fsp3) is 0.350. The minimum atomic E-state index is -0.243.